The Morgan fingerprint density at radius 3 is 2.38 bits per heavy atom. The first-order valence-electron chi connectivity index (χ1n) is 6.99. The van der Waals surface area contributed by atoms with Crippen LogP contribution in [-0.4, -0.2) is 9.97 Å². The summed E-state index contributed by atoms with van der Waals surface area (Å²) >= 11 is 22.8. The standard InChI is InChI=1S/C17H11Br3Cl2N2/c1-8-17(9-2-3-14(21)15(22)5-9)24-16(23-8)6-10-4-12(19)13(20)7-11(10)18/h2-5,7H,6H2,1H3,(H,23,24). The molecule has 2 aromatic carbocycles. The molecule has 2 nitrogen and oxygen atoms in total. The molecule has 1 aromatic heterocycles. The maximum absolute atomic E-state index is 6.12. The molecule has 24 heavy (non-hydrogen) atoms. The van der Waals surface area contributed by atoms with Gasteiger partial charge in [0.25, 0.3) is 0 Å². The van der Waals surface area contributed by atoms with Crippen molar-refractivity contribution in [3.63, 3.8) is 0 Å². The molecule has 0 radical (unpaired) electrons. The molecule has 7 heteroatoms. The van der Waals surface area contributed by atoms with Crippen molar-refractivity contribution in [3.05, 3.63) is 70.9 Å². The van der Waals surface area contributed by atoms with E-state index in [2.05, 4.69) is 58.8 Å². The second kappa shape index (κ2) is 7.50. The number of halogens is 5. The van der Waals surface area contributed by atoms with Crippen LogP contribution in [0.5, 0.6) is 0 Å². The molecule has 1 heterocycles. The van der Waals surface area contributed by atoms with Crippen molar-refractivity contribution < 1.29 is 0 Å². The summed E-state index contributed by atoms with van der Waals surface area (Å²) in [5.74, 6) is 0.892. The summed E-state index contributed by atoms with van der Waals surface area (Å²) < 4.78 is 3.04. The van der Waals surface area contributed by atoms with Crippen molar-refractivity contribution in [3.8, 4) is 11.3 Å². The predicted octanol–water partition coefficient (Wildman–Crippen LogP) is 7.57. The number of hydrogen-bond donors (Lipinski definition) is 1. The molecule has 0 aliphatic carbocycles. The second-order valence-corrected chi connectivity index (χ2v) is 8.70. The summed E-state index contributed by atoms with van der Waals surface area (Å²) in [5.41, 5.74) is 3.96. The molecule has 3 aromatic rings. The summed E-state index contributed by atoms with van der Waals surface area (Å²) in [7, 11) is 0. The van der Waals surface area contributed by atoms with Gasteiger partial charge in [-0.15, -0.1) is 0 Å². The predicted molar refractivity (Wildman–Crippen MR) is 111 cm³/mol. The van der Waals surface area contributed by atoms with Crippen molar-refractivity contribution in [2.75, 3.05) is 0 Å². The van der Waals surface area contributed by atoms with Gasteiger partial charge in [0.15, 0.2) is 0 Å². The maximum Gasteiger partial charge on any atom is 0.111 e. The molecule has 0 amide bonds. The Morgan fingerprint density at radius 2 is 1.67 bits per heavy atom. The topological polar surface area (TPSA) is 28.7 Å². The third-order valence-electron chi connectivity index (χ3n) is 3.57. The number of aryl methyl sites for hydroxylation is 1. The minimum atomic E-state index is 0.526. The number of hydrogen-bond acceptors (Lipinski definition) is 1. The molecule has 3 rings (SSSR count). The van der Waals surface area contributed by atoms with Crippen LogP contribution in [0.3, 0.4) is 0 Å². The zero-order valence-corrected chi connectivity index (χ0v) is 18.7. The minimum Gasteiger partial charge on any atom is -0.345 e. The lowest BCUT2D eigenvalue weighted by atomic mass is 10.1. The van der Waals surface area contributed by atoms with E-state index in [0.717, 1.165) is 41.8 Å². The summed E-state index contributed by atoms with van der Waals surface area (Å²) in [5, 5.41) is 1.06. The van der Waals surface area contributed by atoms with E-state index in [-0.39, 0.29) is 0 Å². The molecule has 0 bridgehead atoms. The molecule has 0 spiro atoms. The lowest BCUT2D eigenvalue weighted by Gasteiger charge is -2.05. The molecule has 0 saturated heterocycles. The summed E-state index contributed by atoms with van der Waals surface area (Å²) in [6.07, 6.45) is 0.689. The summed E-state index contributed by atoms with van der Waals surface area (Å²) in [4.78, 5) is 8.09. The Bertz CT molecular complexity index is 922. The number of rotatable bonds is 3. The van der Waals surface area contributed by atoms with Gasteiger partial charge in [0.05, 0.1) is 15.7 Å². The number of nitrogens with zero attached hydrogens (tertiary/aromatic N) is 1. The number of aromatic amines is 1. The fourth-order valence-corrected chi connectivity index (χ4v) is 4.23. The van der Waals surface area contributed by atoms with Crippen molar-refractivity contribution in [2.24, 2.45) is 0 Å². The zero-order chi connectivity index (χ0) is 17.4. The Kier molecular flexibility index (Phi) is 5.77. The third-order valence-corrected chi connectivity index (χ3v) is 6.90. The molecule has 0 aliphatic rings. The normalized spacial score (nSPS) is 11.1. The molecular weight excluding hydrogens is 543 g/mol. The van der Waals surface area contributed by atoms with E-state index in [0.29, 0.717) is 16.5 Å². The average molecular weight is 554 g/mol. The van der Waals surface area contributed by atoms with E-state index in [4.69, 9.17) is 28.2 Å². The lowest BCUT2D eigenvalue weighted by Crippen LogP contribution is -1.93. The van der Waals surface area contributed by atoms with Crippen LogP contribution in [0.15, 0.2) is 43.7 Å². The van der Waals surface area contributed by atoms with Crippen LogP contribution in [0.1, 0.15) is 17.1 Å². The van der Waals surface area contributed by atoms with Crippen molar-refractivity contribution in [2.45, 2.75) is 13.3 Å². The Morgan fingerprint density at radius 1 is 0.958 bits per heavy atom. The maximum atomic E-state index is 6.12. The van der Waals surface area contributed by atoms with Crippen molar-refractivity contribution in [1.82, 2.24) is 9.97 Å². The Labute approximate surface area is 175 Å². The van der Waals surface area contributed by atoms with Crippen molar-refractivity contribution >= 4 is 71.0 Å². The van der Waals surface area contributed by atoms with Crippen LogP contribution in [0, 0.1) is 6.92 Å². The van der Waals surface area contributed by atoms with Crippen LogP contribution in [0.25, 0.3) is 11.3 Å². The van der Waals surface area contributed by atoms with Crippen LogP contribution in [0.2, 0.25) is 10.0 Å². The molecule has 124 valence electrons. The monoisotopic (exact) mass is 550 g/mol. The van der Waals surface area contributed by atoms with Gasteiger partial charge < -0.3 is 4.98 Å². The van der Waals surface area contributed by atoms with Gasteiger partial charge in [-0.1, -0.05) is 45.2 Å². The van der Waals surface area contributed by atoms with Gasteiger partial charge >= 0.3 is 0 Å². The quantitative estimate of drug-likeness (QED) is 0.333. The first-order chi connectivity index (χ1) is 11.3. The average Bonchev–Trinajstić information content (AvgIpc) is 2.88. The largest absolute Gasteiger partial charge is 0.345 e. The van der Waals surface area contributed by atoms with E-state index < -0.39 is 0 Å². The van der Waals surface area contributed by atoms with Gasteiger partial charge in [-0.3, -0.25) is 0 Å². The van der Waals surface area contributed by atoms with Gasteiger partial charge in [-0.05, 0) is 68.6 Å². The highest BCUT2D eigenvalue weighted by Crippen LogP contribution is 2.32. The van der Waals surface area contributed by atoms with Gasteiger partial charge in [-0.2, -0.15) is 0 Å². The van der Waals surface area contributed by atoms with Gasteiger partial charge in [0.1, 0.15) is 5.82 Å². The SMILES string of the molecule is Cc1[nH]c(Cc2cc(Br)c(Br)cc2Br)nc1-c1ccc(Cl)c(Cl)c1. The van der Waals surface area contributed by atoms with Crippen LogP contribution in [-0.2, 0) is 6.42 Å². The molecule has 0 saturated carbocycles. The highest BCUT2D eigenvalue weighted by atomic mass is 79.9. The van der Waals surface area contributed by atoms with Gasteiger partial charge in [-0.25, -0.2) is 4.98 Å². The molecular formula is C17H11Br3Cl2N2. The first-order valence-corrected chi connectivity index (χ1v) is 10.1. The summed E-state index contributed by atoms with van der Waals surface area (Å²) in [6.45, 7) is 2.00. The highest BCUT2D eigenvalue weighted by molar-refractivity contribution is 9.13. The van der Waals surface area contributed by atoms with Crippen molar-refractivity contribution in [1.29, 1.82) is 0 Å². The minimum absolute atomic E-state index is 0.526. The van der Waals surface area contributed by atoms with E-state index in [1.807, 2.05) is 25.1 Å². The fraction of sp³-hybridized carbons (Fsp3) is 0.118. The Hall–Kier alpha value is -0.330. The van der Waals surface area contributed by atoms with Gasteiger partial charge in [0.2, 0.25) is 0 Å². The number of imidazole rings is 1. The van der Waals surface area contributed by atoms with E-state index >= 15 is 0 Å². The Balaban J connectivity index is 1.94. The smallest absolute Gasteiger partial charge is 0.111 e. The molecule has 1 N–H and O–H groups in total. The fourth-order valence-electron chi connectivity index (χ4n) is 2.41. The third kappa shape index (κ3) is 3.91. The number of nitrogens with one attached hydrogen (secondary N) is 1. The van der Waals surface area contributed by atoms with Crippen LogP contribution < -0.4 is 0 Å². The second-order valence-electron chi connectivity index (χ2n) is 5.32. The van der Waals surface area contributed by atoms with E-state index in [1.54, 1.807) is 6.07 Å². The number of aromatic nitrogens is 2. The van der Waals surface area contributed by atoms with E-state index in [1.165, 1.54) is 0 Å². The first kappa shape index (κ1) is 18.5. The molecule has 0 atom stereocenters. The lowest BCUT2D eigenvalue weighted by molar-refractivity contribution is 1.01. The molecule has 0 aliphatic heterocycles. The molecule has 0 fully saturated rings. The van der Waals surface area contributed by atoms with Crippen LogP contribution >= 0.6 is 71.0 Å². The highest BCUT2D eigenvalue weighted by Gasteiger charge is 2.13. The number of benzene rings is 2. The van der Waals surface area contributed by atoms with E-state index in [9.17, 15) is 0 Å². The zero-order valence-electron chi connectivity index (χ0n) is 12.4. The summed E-state index contributed by atoms with van der Waals surface area (Å²) in [6, 6.07) is 9.64. The van der Waals surface area contributed by atoms with Gasteiger partial charge in [0, 0.05) is 31.1 Å². The molecule has 0 unspecified atom stereocenters. The number of H-pyrrole nitrogens is 1. The van der Waals surface area contributed by atoms with Crippen LogP contribution in [0.4, 0.5) is 0 Å².